The number of carbonyl (C=O) groups excluding carboxylic acids is 1. The van der Waals surface area contributed by atoms with Gasteiger partial charge < -0.3 is 9.30 Å². The zero-order chi connectivity index (χ0) is 13.1. The highest BCUT2D eigenvalue weighted by atomic mass is 79.9. The number of hydrogen-bond donors (Lipinski definition) is 0. The third-order valence-corrected chi connectivity index (χ3v) is 5.18. The topological polar surface area (TPSA) is 31.2 Å². The van der Waals surface area contributed by atoms with Crippen molar-refractivity contribution in [3.63, 3.8) is 0 Å². The van der Waals surface area contributed by atoms with Crippen molar-refractivity contribution in [3.8, 4) is 0 Å². The van der Waals surface area contributed by atoms with Crippen LogP contribution in [0.3, 0.4) is 0 Å². The highest BCUT2D eigenvalue weighted by molar-refractivity contribution is 9.10. The summed E-state index contributed by atoms with van der Waals surface area (Å²) in [4.78, 5) is 10.9. The van der Waals surface area contributed by atoms with Gasteiger partial charge in [0.05, 0.1) is 5.69 Å². The van der Waals surface area contributed by atoms with Crippen molar-refractivity contribution in [1.82, 2.24) is 4.57 Å². The van der Waals surface area contributed by atoms with Crippen LogP contribution in [0.25, 0.3) is 0 Å². The molecule has 0 saturated heterocycles. The molecule has 1 rings (SSSR count). The van der Waals surface area contributed by atoms with Gasteiger partial charge >= 0.3 is 0 Å². The first-order valence-corrected chi connectivity index (χ1v) is 10.2. The van der Waals surface area contributed by atoms with Crippen LogP contribution in [0.15, 0.2) is 10.5 Å². The molecule has 0 fully saturated rings. The summed E-state index contributed by atoms with van der Waals surface area (Å²) < 4.78 is 8.49. The Labute approximate surface area is 112 Å². The largest absolute Gasteiger partial charge is 0.361 e. The maximum Gasteiger partial charge on any atom is 0.166 e. The van der Waals surface area contributed by atoms with Crippen LogP contribution < -0.4 is 0 Å². The normalized spacial score (nSPS) is 11.8. The van der Waals surface area contributed by atoms with Crippen LogP contribution in [-0.4, -0.2) is 25.5 Å². The van der Waals surface area contributed by atoms with Gasteiger partial charge in [0.25, 0.3) is 0 Å². The van der Waals surface area contributed by atoms with E-state index >= 15 is 0 Å². The molecule has 0 atom stereocenters. The van der Waals surface area contributed by atoms with Crippen molar-refractivity contribution in [2.45, 2.75) is 39.3 Å². The monoisotopic (exact) mass is 317 g/mol. The van der Waals surface area contributed by atoms with Crippen LogP contribution in [0, 0.1) is 6.92 Å². The molecule has 1 aromatic heterocycles. The number of rotatable bonds is 6. The second-order valence-electron chi connectivity index (χ2n) is 5.40. The molecule has 0 bridgehead atoms. The highest BCUT2D eigenvalue weighted by Gasteiger charge is 2.13. The first-order valence-electron chi connectivity index (χ1n) is 5.74. The van der Waals surface area contributed by atoms with Crippen molar-refractivity contribution < 1.29 is 9.53 Å². The molecule has 3 nitrogen and oxygen atoms in total. The summed E-state index contributed by atoms with van der Waals surface area (Å²) in [6.45, 7) is 10.2. The maximum absolute atomic E-state index is 10.9. The van der Waals surface area contributed by atoms with E-state index < -0.39 is 8.07 Å². The van der Waals surface area contributed by atoms with Crippen molar-refractivity contribution in [2.75, 3.05) is 6.61 Å². The molecule has 0 spiro atoms. The van der Waals surface area contributed by atoms with E-state index in [0.717, 1.165) is 29.1 Å². The van der Waals surface area contributed by atoms with Gasteiger partial charge in [-0.15, -0.1) is 0 Å². The van der Waals surface area contributed by atoms with Gasteiger partial charge in [-0.1, -0.05) is 19.6 Å². The van der Waals surface area contributed by atoms with Gasteiger partial charge in [-0.25, -0.2) is 0 Å². The Morgan fingerprint density at radius 1 is 1.47 bits per heavy atom. The highest BCUT2D eigenvalue weighted by Crippen LogP contribution is 2.20. The van der Waals surface area contributed by atoms with Gasteiger partial charge in [-0.3, -0.25) is 4.79 Å². The van der Waals surface area contributed by atoms with Crippen molar-refractivity contribution in [3.05, 3.63) is 21.9 Å². The number of halogens is 1. The number of ether oxygens (including phenoxy) is 1. The summed E-state index contributed by atoms with van der Waals surface area (Å²) >= 11 is 3.42. The fourth-order valence-corrected chi connectivity index (χ4v) is 2.64. The summed E-state index contributed by atoms with van der Waals surface area (Å²) in [6, 6.07) is 2.97. The molecule has 0 aromatic carbocycles. The fraction of sp³-hybridized carbons (Fsp3) is 0.583. The summed E-state index contributed by atoms with van der Waals surface area (Å²) in [5.41, 5.74) is 1.68. The minimum Gasteiger partial charge on any atom is -0.361 e. The minimum atomic E-state index is -1.04. The zero-order valence-corrected chi connectivity index (χ0v) is 13.5. The molecule has 1 heterocycles. The van der Waals surface area contributed by atoms with Crippen LogP contribution >= 0.6 is 15.9 Å². The molecular weight excluding hydrogens is 298 g/mol. The Bertz CT molecular complexity index is 396. The molecule has 0 aliphatic heterocycles. The quantitative estimate of drug-likeness (QED) is 0.455. The third-order valence-electron chi connectivity index (χ3n) is 2.67. The molecule has 96 valence electrons. The molecule has 0 saturated carbocycles. The zero-order valence-electron chi connectivity index (χ0n) is 10.9. The standard InChI is InChI=1S/C12H20BrNO2Si/c1-10-12(13)7-11(8-15)14(10)9-16-5-6-17(2,3)4/h7-8H,5-6,9H2,1-4H3. The van der Waals surface area contributed by atoms with E-state index in [-0.39, 0.29) is 0 Å². The lowest BCUT2D eigenvalue weighted by molar-refractivity contribution is 0.0825. The molecular formula is C12H20BrNO2Si. The van der Waals surface area contributed by atoms with Crippen LogP contribution in [0.5, 0.6) is 0 Å². The minimum absolute atomic E-state index is 0.454. The van der Waals surface area contributed by atoms with Crippen molar-refractivity contribution >= 4 is 30.3 Å². The lowest BCUT2D eigenvalue weighted by Crippen LogP contribution is -2.22. The molecule has 0 unspecified atom stereocenters. The number of aldehydes is 1. The second-order valence-corrected chi connectivity index (χ2v) is 11.9. The maximum atomic E-state index is 10.9. The lowest BCUT2D eigenvalue weighted by atomic mass is 10.4. The molecule has 0 amide bonds. The van der Waals surface area contributed by atoms with Gasteiger partial charge in [0.2, 0.25) is 0 Å². The average Bonchev–Trinajstić information content (AvgIpc) is 2.49. The Hall–Kier alpha value is -0.393. The predicted octanol–water partition coefficient (Wildman–Crippen LogP) is 3.68. The molecule has 0 aliphatic carbocycles. The molecule has 0 aliphatic rings. The molecule has 0 radical (unpaired) electrons. The van der Waals surface area contributed by atoms with E-state index in [0.29, 0.717) is 12.4 Å². The average molecular weight is 318 g/mol. The van der Waals surface area contributed by atoms with Gasteiger partial charge in [0, 0.05) is 24.8 Å². The fourth-order valence-electron chi connectivity index (χ4n) is 1.44. The third kappa shape index (κ3) is 4.41. The van der Waals surface area contributed by atoms with Gasteiger partial charge in [0.15, 0.2) is 6.29 Å². The Kier molecular flexibility index (Phi) is 5.16. The van der Waals surface area contributed by atoms with Crippen LogP contribution in [0.2, 0.25) is 25.7 Å². The summed E-state index contributed by atoms with van der Waals surface area (Å²) in [6.07, 6.45) is 0.861. The van der Waals surface area contributed by atoms with E-state index in [1.165, 1.54) is 0 Å². The molecule has 17 heavy (non-hydrogen) atoms. The molecule has 1 aromatic rings. The Morgan fingerprint density at radius 2 is 2.12 bits per heavy atom. The van der Waals surface area contributed by atoms with Gasteiger partial charge in [-0.2, -0.15) is 0 Å². The van der Waals surface area contributed by atoms with E-state index in [1.807, 2.05) is 17.6 Å². The van der Waals surface area contributed by atoms with E-state index in [1.54, 1.807) is 0 Å². The van der Waals surface area contributed by atoms with E-state index in [4.69, 9.17) is 4.74 Å². The molecule has 0 N–H and O–H groups in total. The van der Waals surface area contributed by atoms with Crippen LogP contribution in [0.1, 0.15) is 16.2 Å². The van der Waals surface area contributed by atoms with Crippen LogP contribution in [-0.2, 0) is 11.5 Å². The van der Waals surface area contributed by atoms with Gasteiger partial charge in [0.1, 0.15) is 6.73 Å². The van der Waals surface area contributed by atoms with E-state index in [2.05, 4.69) is 35.6 Å². The molecule has 5 heteroatoms. The lowest BCUT2D eigenvalue weighted by Gasteiger charge is -2.16. The van der Waals surface area contributed by atoms with Crippen molar-refractivity contribution in [2.24, 2.45) is 0 Å². The Balaban J connectivity index is 2.55. The Morgan fingerprint density at radius 3 is 2.65 bits per heavy atom. The summed E-state index contributed by atoms with van der Waals surface area (Å²) in [7, 11) is -1.04. The SMILES string of the molecule is Cc1c(Br)cc(C=O)n1COCC[Si](C)(C)C. The van der Waals surface area contributed by atoms with Crippen LogP contribution in [0.4, 0.5) is 0 Å². The van der Waals surface area contributed by atoms with E-state index in [9.17, 15) is 4.79 Å². The second kappa shape index (κ2) is 5.98. The van der Waals surface area contributed by atoms with Gasteiger partial charge in [-0.05, 0) is 35.0 Å². The first-order chi connectivity index (χ1) is 7.85. The predicted molar refractivity (Wildman–Crippen MR) is 76.4 cm³/mol. The number of aromatic nitrogens is 1. The first kappa shape index (κ1) is 14.7. The number of nitrogens with zero attached hydrogens (tertiary/aromatic N) is 1. The number of hydrogen-bond acceptors (Lipinski definition) is 2. The smallest absolute Gasteiger partial charge is 0.166 e. The summed E-state index contributed by atoms with van der Waals surface area (Å²) in [5.74, 6) is 0. The summed E-state index contributed by atoms with van der Waals surface area (Å²) in [5, 5.41) is 0. The van der Waals surface area contributed by atoms with Crippen molar-refractivity contribution in [1.29, 1.82) is 0 Å². The number of carbonyl (C=O) groups is 1.